The lowest BCUT2D eigenvalue weighted by Gasteiger charge is -2.24. The zero-order valence-corrected chi connectivity index (χ0v) is 17.7. The number of likely N-dealkylation sites (tertiary alicyclic amines) is 1. The van der Waals surface area contributed by atoms with Crippen molar-refractivity contribution in [3.05, 3.63) is 30.1 Å². The van der Waals surface area contributed by atoms with Gasteiger partial charge in [0.15, 0.2) is 5.96 Å². The highest BCUT2D eigenvalue weighted by atomic mass is 127. The summed E-state index contributed by atoms with van der Waals surface area (Å²) in [6, 6.07) is 6.15. The Bertz CT molecular complexity index is 577. The summed E-state index contributed by atoms with van der Waals surface area (Å²) in [4.78, 5) is 6.77. The summed E-state index contributed by atoms with van der Waals surface area (Å²) in [5, 5.41) is 3.45. The van der Waals surface area contributed by atoms with Crippen LogP contribution < -0.4 is 10.1 Å². The van der Waals surface area contributed by atoms with Gasteiger partial charge >= 0.3 is 0 Å². The van der Waals surface area contributed by atoms with E-state index in [-0.39, 0.29) is 29.8 Å². The number of nitrogens with zero attached hydrogens (tertiary/aromatic N) is 2. The van der Waals surface area contributed by atoms with Crippen molar-refractivity contribution in [2.45, 2.75) is 25.7 Å². The van der Waals surface area contributed by atoms with Crippen LogP contribution in [0.2, 0.25) is 0 Å². The Labute approximate surface area is 172 Å². The molecule has 0 saturated carbocycles. The quantitative estimate of drug-likeness (QED) is 0.296. The van der Waals surface area contributed by atoms with Gasteiger partial charge in [0.1, 0.15) is 11.6 Å². The molecule has 146 valence electrons. The van der Waals surface area contributed by atoms with Crippen LogP contribution >= 0.6 is 24.0 Å². The zero-order chi connectivity index (χ0) is 17.5. The number of halogens is 2. The van der Waals surface area contributed by atoms with Crippen LogP contribution in [0.4, 0.5) is 4.39 Å². The molecule has 7 heteroatoms. The summed E-state index contributed by atoms with van der Waals surface area (Å²) in [6.45, 7) is 5.39. The van der Waals surface area contributed by atoms with E-state index in [4.69, 9.17) is 9.47 Å². The number of guanidine groups is 1. The van der Waals surface area contributed by atoms with E-state index in [1.165, 1.54) is 25.0 Å². The molecule has 1 N–H and O–H groups in total. The van der Waals surface area contributed by atoms with E-state index in [9.17, 15) is 4.39 Å². The summed E-state index contributed by atoms with van der Waals surface area (Å²) in [7, 11) is 1.84. The van der Waals surface area contributed by atoms with Gasteiger partial charge in [-0.25, -0.2) is 4.39 Å². The van der Waals surface area contributed by atoms with Crippen LogP contribution in [0.5, 0.6) is 5.75 Å². The average molecular weight is 477 g/mol. The van der Waals surface area contributed by atoms with Crippen molar-refractivity contribution in [1.82, 2.24) is 10.2 Å². The smallest absolute Gasteiger partial charge is 0.193 e. The third-order valence-electron chi connectivity index (χ3n) is 5.07. The van der Waals surface area contributed by atoms with Gasteiger partial charge < -0.3 is 19.7 Å². The lowest BCUT2D eigenvalue weighted by molar-refractivity contribution is 0.156. The Morgan fingerprint density at radius 1 is 1.31 bits per heavy atom. The van der Waals surface area contributed by atoms with Gasteiger partial charge in [0.2, 0.25) is 0 Å². The lowest BCUT2D eigenvalue weighted by Crippen LogP contribution is -2.41. The number of unbranched alkanes of at least 4 members (excludes halogenated alkanes) is 1. The van der Waals surface area contributed by atoms with Crippen LogP contribution in [0.25, 0.3) is 0 Å². The second-order valence-electron chi connectivity index (χ2n) is 6.96. The minimum absolute atomic E-state index is 0. The lowest BCUT2D eigenvalue weighted by atomic mass is 9.87. The third kappa shape index (κ3) is 5.70. The second kappa shape index (κ2) is 10.3. The van der Waals surface area contributed by atoms with E-state index < -0.39 is 0 Å². The molecule has 2 aliphatic rings. The van der Waals surface area contributed by atoms with Crippen LogP contribution in [0.1, 0.15) is 25.7 Å². The molecule has 0 aromatic heterocycles. The van der Waals surface area contributed by atoms with Crippen molar-refractivity contribution in [3.8, 4) is 5.75 Å². The molecule has 1 spiro atoms. The Balaban J connectivity index is 0.00000243. The Morgan fingerprint density at radius 3 is 2.81 bits per heavy atom. The number of hydrogen-bond donors (Lipinski definition) is 1. The first kappa shape index (κ1) is 21.2. The van der Waals surface area contributed by atoms with E-state index in [0.29, 0.717) is 17.8 Å². The molecule has 1 unspecified atom stereocenters. The summed E-state index contributed by atoms with van der Waals surface area (Å²) in [5.41, 5.74) is 0.348. The van der Waals surface area contributed by atoms with Gasteiger partial charge in [-0.15, -0.1) is 24.0 Å². The second-order valence-corrected chi connectivity index (χ2v) is 6.96. The van der Waals surface area contributed by atoms with E-state index in [1.807, 2.05) is 7.05 Å². The molecular formula is C19H29FIN3O2. The van der Waals surface area contributed by atoms with Gasteiger partial charge in [0, 0.05) is 38.7 Å². The normalized spacial score (nSPS) is 22.5. The summed E-state index contributed by atoms with van der Waals surface area (Å²) in [5.74, 6) is 1.46. The molecule has 1 aromatic rings. The van der Waals surface area contributed by atoms with Gasteiger partial charge in [-0.1, -0.05) is 0 Å². The molecule has 2 fully saturated rings. The molecule has 0 amide bonds. The molecule has 0 bridgehead atoms. The minimum Gasteiger partial charge on any atom is -0.494 e. The number of benzene rings is 1. The Morgan fingerprint density at radius 2 is 2.12 bits per heavy atom. The maximum Gasteiger partial charge on any atom is 0.193 e. The van der Waals surface area contributed by atoms with Crippen molar-refractivity contribution in [2.24, 2.45) is 10.4 Å². The minimum atomic E-state index is -0.240. The van der Waals surface area contributed by atoms with Gasteiger partial charge in [0.25, 0.3) is 0 Å². The van der Waals surface area contributed by atoms with Crippen molar-refractivity contribution in [1.29, 1.82) is 0 Å². The number of aliphatic imine (C=N–C) groups is 1. The van der Waals surface area contributed by atoms with E-state index in [0.717, 1.165) is 51.6 Å². The molecular weight excluding hydrogens is 448 g/mol. The van der Waals surface area contributed by atoms with E-state index >= 15 is 0 Å². The molecule has 2 heterocycles. The standard InChI is InChI=1S/C19H28FN3O2.HI/c1-21-18(23-11-8-19(14-23)9-13-24-15-19)22-10-2-3-12-25-17-6-4-16(20)5-7-17;/h4-7H,2-3,8-15H2,1H3,(H,21,22);1H. The first-order valence-electron chi connectivity index (χ1n) is 9.13. The molecule has 5 nitrogen and oxygen atoms in total. The van der Waals surface area contributed by atoms with E-state index in [1.54, 1.807) is 12.1 Å². The Kier molecular flexibility index (Phi) is 8.40. The third-order valence-corrected chi connectivity index (χ3v) is 5.07. The first-order chi connectivity index (χ1) is 12.2. The molecule has 2 aliphatic heterocycles. The predicted octanol–water partition coefficient (Wildman–Crippen LogP) is 3.29. The van der Waals surface area contributed by atoms with Crippen LogP contribution in [-0.2, 0) is 4.74 Å². The highest BCUT2D eigenvalue weighted by molar-refractivity contribution is 14.0. The van der Waals surface area contributed by atoms with Crippen LogP contribution in [-0.4, -0.2) is 57.4 Å². The van der Waals surface area contributed by atoms with Gasteiger partial charge in [-0.2, -0.15) is 0 Å². The fourth-order valence-corrected chi connectivity index (χ4v) is 3.57. The summed E-state index contributed by atoms with van der Waals surface area (Å²) >= 11 is 0. The highest BCUT2D eigenvalue weighted by Gasteiger charge is 2.42. The van der Waals surface area contributed by atoms with Crippen molar-refractivity contribution in [2.75, 3.05) is 46.5 Å². The molecule has 2 saturated heterocycles. The molecule has 1 aromatic carbocycles. The van der Waals surface area contributed by atoms with Crippen LogP contribution in [0, 0.1) is 11.2 Å². The first-order valence-corrected chi connectivity index (χ1v) is 9.13. The van der Waals surface area contributed by atoms with Gasteiger partial charge in [0.05, 0.1) is 13.2 Å². The highest BCUT2D eigenvalue weighted by Crippen LogP contribution is 2.38. The monoisotopic (exact) mass is 477 g/mol. The van der Waals surface area contributed by atoms with Crippen LogP contribution in [0.15, 0.2) is 29.3 Å². The van der Waals surface area contributed by atoms with E-state index in [2.05, 4.69) is 15.2 Å². The average Bonchev–Trinajstić information content (AvgIpc) is 3.26. The zero-order valence-electron chi connectivity index (χ0n) is 15.4. The number of ether oxygens (including phenoxy) is 2. The van der Waals surface area contributed by atoms with Crippen molar-refractivity contribution < 1.29 is 13.9 Å². The maximum absolute atomic E-state index is 12.8. The van der Waals surface area contributed by atoms with Crippen LogP contribution in [0.3, 0.4) is 0 Å². The summed E-state index contributed by atoms with van der Waals surface area (Å²) in [6.07, 6.45) is 4.31. The fourth-order valence-electron chi connectivity index (χ4n) is 3.57. The maximum atomic E-state index is 12.8. The largest absolute Gasteiger partial charge is 0.494 e. The SMILES string of the molecule is CN=C(NCCCCOc1ccc(F)cc1)N1CCC2(CCOC2)C1.I. The van der Waals surface area contributed by atoms with Crippen molar-refractivity contribution in [3.63, 3.8) is 0 Å². The number of nitrogens with one attached hydrogen (secondary N) is 1. The summed E-state index contributed by atoms with van der Waals surface area (Å²) < 4.78 is 24.0. The van der Waals surface area contributed by atoms with Gasteiger partial charge in [-0.3, -0.25) is 4.99 Å². The number of rotatable bonds is 6. The van der Waals surface area contributed by atoms with Gasteiger partial charge in [-0.05, 0) is 49.9 Å². The molecule has 0 radical (unpaired) electrons. The topological polar surface area (TPSA) is 46.1 Å². The molecule has 3 rings (SSSR count). The molecule has 26 heavy (non-hydrogen) atoms. The Hall–Kier alpha value is -1.09. The predicted molar refractivity (Wildman–Crippen MR) is 112 cm³/mol. The van der Waals surface area contributed by atoms with Crippen molar-refractivity contribution >= 4 is 29.9 Å². The molecule has 0 aliphatic carbocycles. The number of hydrogen-bond acceptors (Lipinski definition) is 3. The fraction of sp³-hybridized carbons (Fsp3) is 0.632. The molecule has 1 atom stereocenters.